The molecule has 0 aliphatic carbocycles. The normalized spacial score (nSPS) is 12.7. The molecule has 0 saturated carbocycles. The van der Waals surface area contributed by atoms with E-state index in [9.17, 15) is 9.90 Å². The monoisotopic (exact) mass is 214 g/mol. The van der Waals surface area contributed by atoms with Crippen molar-refractivity contribution in [2.75, 3.05) is 13.7 Å². The number of ether oxygens (including phenoxy) is 1. The Morgan fingerprint density at radius 2 is 2.33 bits per heavy atom. The summed E-state index contributed by atoms with van der Waals surface area (Å²) in [7, 11) is 1.59. The summed E-state index contributed by atoms with van der Waals surface area (Å²) >= 11 is 0. The highest BCUT2D eigenvalue weighted by molar-refractivity contribution is 5.84. The van der Waals surface area contributed by atoms with Crippen LogP contribution in [0.1, 0.15) is 35.3 Å². The van der Waals surface area contributed by atoms with Gasteiger partial charge in [-0.1, -0.05) is 0 Å². The average molecular weight is 214 g/mol. The number of carbonyl (C=O) groups is 1. The molecule has 0 spiro atoms. The molecule has 1 aromatic heterocycles. The first kappa shape index (κ1) is 11.7. The molecule has 1 unspecified atom stereocenters. The third kappa shape index (κ3) is 3.38. The van der Waals surface area contributed by atoms with Gasteiger partial charge in [0.05, 0.1) is 0 Å². The molecule has 0 aromatic carbocycles. The van der Waals surface area contributed by atoms with Crippen molar-refractivity contribution in [2.24, 2.45) is 0 Å². The molecule has 0 aliphatic heterocycles. The first-order valence-corrected chi connectivity index (χ1v) is 4.65. The Hall–Kier alpha value is -1.33. The molecule has 2 N–H and O–H groups in total. The van der Waals surface area contributed by atoms with Gasteiger partial charge in [0.15, 0.2) is 0 Å². The predicted octanol–water partition coefficient (Wildman–Crippen LogP) is 1.44. The Bertz CT molecular complexity index is 317. The minimum absolute atomic E-state index is 0.157. The molecule has 0 bridgehead atoms. The van der Waals surface area contributed by atoms with E-state index in [1.807, 2.05) is 0 Å². The SMILES string of the molecule is COCCCC(O)c1ccc(C(=O)O)o1. The van der Waals surface area contributed by atoms with E-state index >= 15 is 0 Å². The third-order valence-electron chi connectivity index (χ3n) is 1.99. The van der Waals surface area contributed by atoms with E-state index in [1.165, 1.54) is 12.1 Å². The van der Waals surface area contributed by atoms with E-state index in [4.69, 9.17) is 14.3 Å². The van der Waals surface area contributed by atoms with Gasteiger partial charge in [0.2, 0.25) is 5.76 Å². The lowest BCUT2D eigenvalue weighted by Gasteiger charge is -2.06. The first-order valence-electron chi connectivity index (χ1n) is 4.65. The smallest absolute Gasteiger partial charge is 0.371 e. The Kier molecular flexibility index (Phi) is 4.33. The van der Waals surface area contributed by atoms with Crippen LogP contribution in [-0.2, 0) is 4.74 Å². The fourth-order valence-corrected chi connectivity index (χ4v) is 1.21. The maximum absolute atomic E-state index is 10.5. The fourth-order valence-electron chi connectivity index (χ4n) is 1.21. The van der Waals surface area contributed by atoms with Gasteiger partial charge in [0, 0.05) is 13.7 Å². The Morgan fingerprint density at radius 1 is 1.60 bits per heavy atom. The lowest BCUT2D eigenvalue weighted by atomic mass is 10.1. The van der Waals surface area contributed by atoms with E-state index in [0.29, 0.717) is 19.4 Å². The second-order valence-corrected chi connectivity index (χ2v) is 3.16. The van der Waals surface area contributed by atoms with Crippen molar-refractivity contribution >= 4 is 5.97 Å². The van der Waals surface area contributed by atoms with Gasteiger partial charge in [-0.25, -0.2) is 4.79 Å². The molecule has 0 radical (unpaired) electrons. The Morgan fingerprint density at radius 3 is 2.87 bits per heavy atom. The van der Waals surface area contributed by atoms with Gasteiger partial charge in [-0.05, 0) is 25.0 Å². The number of hydrogen-bond acceptors (Lipinski definition) is 4. The number of carboxylic acid groups (broad SMARTS) is 1. The number of hydrogen-bond donors (Lipinski definition) is 2. The minimum Gasteiger partial charge on any atom is -0.475 e. The summed E-state index contributed by atoms with van der Waals surface area (Å²) in [5.74, 6) is -1.01. The van der Waals surface area contributed by atoms with Crippen LogP contribution < -0.4 is 0 Å². The molecule has 0 amide bonds. The van der Waals surface area contributed by atoms with E-state index in [-0.39, 0.29) is 11.5 Å². The fraction of sp³-hybridized carbons (Fsp3) is 0.500. The number of aromatic carboxylic acids is 1. The van der Waals surface area contributed by atoms with Gasteiger partial charge in [0.1, 0.15) is 11.9 Å². The summed E-state index contributed by atoms with van der Waals surface area (Å²) in [5.41, 5.74) is 0. The van der Waals surface area contributed by atoms with Crippen LogP contribution in [0.4, 0.5) is 0 Å². The van der Waals surface area contributed by atoms with Crippen molar-refractivity contribution in [3.63, 3.8) is 0 Å². The van der Waals surface area contributed by atoms with Gasteiger partial charge in [-0.2, -0.15) is 0 Å². The average Bonchev–Trinajstić information content (AvgIpc) is 2.66. The van der Waals surface area contributed by atoms with Crippen LogP contribution in [0.2, 0.25) is 0 Å². The summed E-state index contributed by atoms with van der Waals surface area (Å²) in [4.78, 5) is 10.5. The molecular weight excluding hydrogens is 200 g/mol. The second kappa shape index (κ2) is 5.53. The van der Waals surface area contributed by atoms with Gasteiger partial charge in [-0.15, -0.1) is 0 Å². The van der Waals surface area contributed by atoms with Crippen molar-refractivity contribution in [1.29, 1.82) is 0 Å². The van der Waals surface area contributed by atoms with Crippen LogP contribution in [0.3, 0.4) is 0 Å². The number of aliphatic hydroxyl groups excluding tert-OH is 1. The molecule has 1 atom stereocenters. The van der Waals surface area contributed by atoms with Crippen LogP contribution in [0, 0.1) is 0 Å². The number of aliphatic hydroxyl groups is 1. The maximum Gasteiger partial charge on any atom is 0.371 e. The largest absolute Gasteiger partial charge is 0.475 e. The Balaban J connectivity index is 2.50. The molecule has 1 rings (SSSR count). The minimum atomic E-state index is -1.13. The van der Waals surface area contributed by atoms with Crippen LogP contribution in [0.25, 0.3) is 0 Å². The molecule has 5 nitrogen and oxygen atoms in total. The molecule has 0 aliphatic rings. The van der Waals surface area contributed by atoms with Crippen molar-refractivity contribution in [2.45, 2.75) is 18.9 Å². The number of furan rings is 1. The van der Waals surface area contributed by atoms with E-state index in [1.54, 1.807) is 7.11 Å². The van der Waals surface area contributed by atoms with Crippen LogP contribution in [0.15, 0.2) is 16.5 Å². The van der Waals surface area contributed by atoms with E-state index < -0.39 is 12.1 Å². The van der Waals surface area contributed by atoms with Crippen molar-refractivity contribution in [3.05, 3.63) is 23.7 Å². The van der Waals surface area contributed by atoms with Crippen molar-refractivity contribution in [3.8, 4) is 0 Å². The topological polar surface area (TPSA) is 79.9 Å². The predicted molar refractivity (Wildman–Crippen MR) is 51.7 cm³/mol. The molecule has 0 fully saturated rings. The summed E-state index contributed by atoms with van der Waals surface area (Å²) in [6.07, 6.45) is 0.412. The molecule has 15 heavy (non-hydrogen) atoms. The van der Waals surface area contributed by atoms with Crippen LogP contribution in [-0.4, -0.2) is 29.9 Å². The number of methoxy groups -OCH3 is 1. The van der Waals surface area contributed by atoms with Gasteiger partial charge < -0.3 is 19.4 Å². The zero-order valence-corrected chi connectivity index (χ0v) is 8.47. The highest BCUT2D eigenvalue weighted by Gasteiger charge is 2.14. The number of carboxylic acids is 1. The molecule has 1 aromatic rings. The standard InChI is InChI=1S/C10H14O5/c1-14-6-2-3-7(11)8-4-5-9(15-8)10(12)13/h4-5,7,11H,2-3,6H2,1H3,(H,12,13). The van der Waals surface area contributed by atoms with Crippen LogP contribution in [0.5, 0.6) is 0 Å². The highest BCUT2D eigenvalue weighted by Crippen LogP contribution is 2.20. The molecule has 84 valence electrons. The van der Waals surface area contributed by atoms with E-state index in [0.717, 1.165) is 0 Å². The second-order valence-electron chi connectivity index (χ2n) is 3.16. The molecule has 0 saturated heterocycles. The van der Waals surface area contributed by atoms with Gasteiger partial charge in [-0.3, -0.25) is 0 Å². The van der Waals surface area contributed by atoms with Gasteiger partial charge in [0.25, 0.3) is 0 Å². The Labute approximate surface area is 87.3 Å². The lowest BCUT2D eigenvalue weighted by Crippen LogP contribution is -1.99. The summed E-state index contributed by atoms with van der Waals surface area (Å²) < 4.78 is 9.78. The summed E-state index contributed by atoms with van der Waals surface area (Å²) in [5, 5.41) is 18.2. The molecule has 1 heterocycles. The molecular formula is C10H14O5. The highest BCUT2D eigenvalue weighted by atomic mass is 16.5. The zero-order chi connectivity index (χ0) is 11.3. The number of rotatable bonds is 6. The lowest BCUT2D eigenvalue weighted by molar-refractivity contribution is 0.0647. The third-order valence-corrected chi connectivity index (χ3v) is 1.99. The van der Waals surface area contributed by atoms with Crippen molar-refractivity contribution in [1.82, 2.24) is 0 Å². The maximum atomic E-state index is 10.5. The first-order chi connectivity index (χ1) is 7.15. The van der Waals surface area contributed by atoms with E-state index in [2.05, 4.69) is 0 Å². The quantitative estimate of drug-likeness (QED) is 0.700. The van der Waals surface area contributed by atoms with Crippen molar-refractivity contribution < 1.29 is 24.2 Å². The zero-order valence-electron chi connectivity index (χ0n) is 8.47. The van der Waals surface area contributed by atoms with Crippen LogP contribution >= 0.6 is 0 Å². The summed E-state index contributed by atoms with van der Waals surface area (Å²) in [6.45, 7) is 0.559. The summed E-state index contributed by atoms with van der Waals surface area (Å²) in [6, 6.07) is 2.80. The molecule has 5 heteroatoms. The van der Waals surface area contributed by atoms with Gasteiger partial charge >= 0.3 is 5.97 Å².